The largest absolute Gasteiger partial charge is 0.355 e. The summed E-state index contributed by atoms with van der Waals surface area (Å²) in [6.45, 7) is 1.60. The molecule has 0 aliphatic rings. The number of benzene rings is 1. The zero-order chi connectivity index (χ0) is 11.5. The van der Waals surface area contributed by atoms with Gasteiger partial charge < -0.3 is 0 Å². The summed E-state index contributed by atoms with van der Waals surface area (Å²) in [7, 11) is 0. The average molecular weight is 219 g/mol. The Hall–Kier alpha value is -1.97. The summed E-state index contributed by atoms with van der Waals surface area (Å²) >= 11 is 0. The lowest BCUT2D eigenvalue weighted by molar-refractivity contribution is -0.185. The van der Waals surface area contributed by atoms with Crippen molar-refractivity contribution in [2.24, 2.45) is 0 Å². The monoisotopic (exact) mass is 219 g/mol. The maximum absolute atomic E-state index is 11.8. The van der Waals surface area contributed by atoms with Gasteiger partial charge in [0.15, 0.2) is 0 Å². The van der Waals surface area contributed by atoms with Gasteiger partial charge in [-0.3, -0.25) is 9.93 Å². The second-order valence-electron chi connectivity index (χ2n) is 3.57. The normalized spacial score (nSPS) is 12.4. The van der Waals surface area contributed by atoms with Crippen LogP contribution in [0.3, 0.4) is 0 Å². The topological polar surface area (TPSA) is 39.2 Å². The molecular weight excluding hydrogens is 209 g/mol. The van der Waals surface area contributed by atoms with Crippen LogP contribution in [0.2, 0.25) is 0 Å². The molecule has 2 aromatic rings. The van der Waals surface area contributed by atoms with Gasteiger partial charge in [0.05, 0.1) is 11.4 Å². The van der Waals surface area contributed by atoms with E-state index < -0.39 is 11.9 Å². The van der Waals surface area contributed by atoms with Crippen molar-refractivity contribution in [1.29, 1.82) is 0 Å². The molecule has 0 N–H and O–H groups in total. The molecule has 0 bridgehead atoms. The summed E-state index contributed by atoms with van der Waals surface area (Å²) < 4.78 is 11.8. The van der Waals surface area contributed by atoms with E-state index >= 15 is 0 Å². The van der Waals surface area contributed by atoms with E-state index in [2.05, 4.69) is 9.93 Å². The molecule has 1 heterocycles. The van der Waals surface area contributed by atoms with Crippen molar-refractivity contribution in [2.45, 2.75) is 12.8 Å². The summed E-state index contributed by atoms with van der Waals surface area (Å²) in [6.07, 6.45) is 1.70. The Morgan fingerprint density at radius 3 is 3.00 bits per heavy atom. The second-order valence-corrected chi connectivity index (χ2v) is 3.57. The van der Waals surface area contributed by atoms with E-state index in [1.807, 2.05) is 18.2 Å². The van der Waals surface area contributed by atoms with Gasteiger partial charge in [0.25, 0.3) is 0 Å². The molecule has 0 aliphatic carbocycles. The van der Waals surface area contributed by atoms with Gasteiger partial charge in [0.1, 0.15) is 0 Å². The maximum Gasteiger partial charge on any atom is 0.355 e. The molecule has 1 atom stereocenters. The Morgan fingerprint density at radius 2 is 2.25 bits per heavy atom. The van der Waals surface area contributed by atoms with Crippen LogP contribution in [0.5, 0.6) is 0 Å². The Morgan fingerprint density at radius 1 is 1.44 bits per heavy atom. The fourth-order valence-corrected chi connectivity index (χ4v) is 1.57. The van der Waals surface area contributed by atoms with Gasteiger partial charge in [-0.1, -0.05) is 12.1 Å². The molecule has 1 aromatic carbocycles. The summed E-state index contributed by atoms with van der Waals surface area (Å²) in [5.41, 5.74) is 1.55. The maximum atomic E-state index is 11.8. The van der Waals surface area contributed by atoms with Crippen molar-refractivity contribution < 1.29 is 14.3 Å². The molecular formula is C12H10FNO2. The first-order valence-electron chi connectivity index (χ1n) is 4.89. The van der Waals surface area contributed by atoms with Crippen LogP contribution in [-0.2, 0) is 9.74 Å². The van der Waals surface area contributed by atoms with Gasteiger partial charge in [-0.2, -0.15) is 0 Å². The molecule has 16 heavy (non-hydrogen) atoms. The van der Waals surface area contributed by atoms with E-state index in [1.165, 1.54) is 0 Å². The van der Waals surface area contributed by atoms with E-state index in [4.69, 9.17) is 0 Å². The molecule has 1 aromatic heterocycles. The highest BCUT2D eigenvalue weighted by Crippen LogP contribution is 2.21. The van der Waals surface area contributed by atoms with Crippen molar-refractivity contribution in [1.82, 2.24) is 4.98 Å². The van der Waals surface area contributed by atoms with Crippen LogP contribution in [0.25, 0.3) is 10.9 Å². The predicted molar refractivity (Wildman–Crippen MR) is 57.4 cm³/mol. The number of carbonyl (C=O) groups is 1. The van der Waals surface area contributed by atoms with Crippen LogP contribution in [0.4, 0.5) is 4.53 Å². The van der Waals surface area contributed by atoms with Crippen molar-refractivity contribution in [3.05, 3.63) is 42.1 Å². The quantitative estimate of drug-likeness (QED) is 0.779. The Labute approximate surface area is 91.8 Å². The lowest BCUT2D eigenvalue weighted by Crippen LogP contribution is -2.08. The van der Waals surface area contributed by atoms with E-state index in [0.29, 0.717) is 5.56 Å². The second kappa shape index (κ2) is 4.26. The average Bonchev–Trinajstić information content (AvgIpc) is 2.36. The lowest BCUT2D eigenvalue weighted by atomic mass is 9.99. The van der Waals surface area contributed by atoms with Crippen LogP contribution in [0.15, 0.2) is 36.5 Å². The minimum atomic E-state index is -0.886. The molecule has 0 aliphatic heterocycles. The van der Waals surface area contributed by atoms with Crippen molar-refractivity contribution >= 4 is 16.9 Å². The standard InChI is InChI=1S/C12H10FNO2/c1-8(12(15)16-13)9-4-5-11-10(7-9)3-2-6-14-11/h2-8H,1H3. The minimum absolute atomic E-state index is 0.616. The Kier molecular flexibility index (Phi) is 2.81. The number of rotatable bonds is 2. The zero-order valence-electron chi connectivity index (χ0n) is 8.68. The fourth-order valence-electron chi connectivity index (χ4n) is 1.57. The van der Waals surface area contributed by atoms with E-state index in [9.17, 15) is 9.32 Å². The van der Waals surface area contributed by atoms with E-state index in [1.54, 1.807) is 25.3 Å². The molecule has 0 saturated carbocycles. The third-order valence-corrected chi connectivity index (χ3v) is 2.56. The number of pyridine rings is 1. The Balaban J connectivity index is 2.43. The molecule has 3 nitrogen and oxygen atoms in total. The van der Waals surface area contributed by atoms with Gasteiger partial charge in [-0.25, -0.2) is 4.79 Å². The van der Waals surface area contributed by atoms with Crippen molar-refractivity contribution in [3.8, 4) is 0 Å². The summed E-state index contributed by atoms with van der Waals surface area (Å²) in [5, 5.41) is 0.915. The lowest BCUT2D eigenvalue weighted by Gasteiger charge is -2.07. The predicted octanol–water partition coefficient (Wildman–Crippen LogP) is 2.77. The number of halogens is 1. The van der Waals surface area contributed by atoms with Crippen LogP contribution in [-0.4, -0.2) is 11.0 Å². The van der Waals surface area contributed by atoms with E-state index in [0.717, 1.165) is 10.9 Å². The molecule has 0 spiro atoms. The first kappa shape index (κ1) is 10.5. The molecule has 0 saturated heterocycles. The van der Waals surface area contributed by atoms with Crippen molar-refractivity contribution in [2.75, 3.05) is 0 Å². The van der Waals surface area contributed by atoms with Gasteiger partial charge in [0.2, 0.25) is 0 Å². The number of hydrogen-bond donors (Lipinski definition) is 0. The number of hydrogen-bond acceptors (Lipinski definition) is 3. The third kappa shape index (κ3) is 1.86. The number of carbonyl (C=O) groups excluding carboxylic acids is 1. The summed E-state index contributed by atoms with van der Waals surface area (Å²) in [5.74, 6) is -1.50. The van der Waals surface area contributed by atoms with Crippen molar-refractivity contribution in [3.63, 3.8) is 0 Å². The number of aromatic nitrogens is 1. The van der Waals surface area contributed by atoms with Gasteiger partial charge in [0, 0.05) is 16.1 Å². The van der Waals surface area contributed by atoms with Gasteiger partial charge in [-0.05, 0) is 30.7 Å². The number of nitrogens with zero attached hydrogens (tertiary/aromatic N) is 1. The van der Waals surface area contributed by atoms with Gasteiger partial charge in [-0.15, -0.1) is 0 Å². The molecule has 0 fully saturated rings. The molecule has 2 rings (SSSR count). The fraction of sp³-hybridized carbons (Fsp3) is 0.167. The van der Waals surface area contributed by atoms with Crippen LogP contribution in [0, 0.1) is 0 Å². The van der Waals surface area contributed by atoms with E-state index in [-0.39, 0.29) is 0 Å². The summed E-state index contributed by atoms with van der Waals surface area (Å²) in [6, 6.07) is 9.05. The summed E-state index contributed by atoms with van der Waals surface area (Å²) in [4.78, 5) is 18.4. The minimum Gasteiger partial charge on any atom is -0.256 e. The zero-order valence-corrected chi connectivity index (χ0v) is 8.68. The first-order chi connectivity index (χ1) is 7.72. The molecule has 4 heteroatoms. The Bertz CT molecular complexity index is 527. The highest BCUT2D eigenvalue weighted by atomic mass is 19.3. The molecule has 1 unspecified atom stereocenters. The SMILES string of the molecule is CC(C(=O)OF)c1ccc2ncccc2c1. The molecule has 82 valence electrons. The van der Waals surface area contributed by atoms with Crippen LogP contribution in [0.1, 0.15) is 18.4 Å². The van der Waals surface area contributed by atoms with Gasteiger partial charge >= 0.3 is 5.97 Å². The molecule has 0 radical (unpaired) electrons. The highest BCUT2D eigenvalue weighted by molar-refractivity contribution is 5.83. The van der Waals surface area contributed by atoms with Crippen LogP contribution < -0.4 is 0 Å². The van der Waals surface area contributed by atoms with Crippen LogP contribution >= 0.6 is 0 Å². The molecule has 0 amide bonds. The first-order valence-corrected chi connectivity index (χ1v) is 4.89. The highest BCUT2D eigenvalue weighted by Gasteiger charge is 2.17. The smallest absolute Gasteiger partial charge is 0.256 e. The number of fused-ring (bicyclic) bond motifs is 1. The third-order valence-electron chi connectivity index (χ3n) is 2.56.